The van der Waals surface area contributed by atoms with E-state index in [4.69, 9.17) is 5.11 Å². The van der Waals surface area contributed by atoms with E-state index in [1.807, 2.05) is 18.2 Å². The Hall–Kier alpha value is -2.83. The summed E-state index contributed by atoms with van der Waals surface area (Å²) < 4.78 is 1.04. The number of hydrogen-bond donors (Lipinski definition) is 3. The lowest BCUT2D eigenvalue weighted by Crippen LogP contribution is -2.96. The number of aromatic nitrogens is 4. The number of hydrogen-bond acceptors (Lipinski definition) is 8. The normalized spacial score (nSPS) is 11.4. The molecule has 0 atom stereocenters. The number of carboxylic acid groups (broad SMARTS) is 1. The van der Waals surface area contributed by atoms with Crippen LogP contribution in [0.15, 0.2) is 47.1 Å². The summed E-state index contributed by atoms with van der Waals surface area (Å²) in [6.45, 7) is 0. The molecule has 2 aromatic carbocycles. The Bertz CT molecular complexity index is 1160. The maximum Gasteiger partial charge on any atom is 0.313 e. The molecule has 28 heavy (non-hydrogen) atoms. The smallest absolute Gasteiger partial charge is 0.313 e. The van der Waals surface area contributed by atoms with E-state index in [0.29, 0.717) is 17.0 Å². The summed E-state index contributed by atoms with van der Waals surface area (Å²) >= 11 is 2.49. The molecule has 0 radical (unpaired) electrons. The molecule has 0 aliphatic carbocycles. The van der Waals surface area contributed by atoms with Crippen molar-refractivity contribution in [2.45, 2.75) is 5.16 Å². The Labute approximate surface area is 166 Å². The van der Waals surface area contributed by atoms with Crippen molar-refractivity contribution in [2.24, 2.45) is 0 Å². The molecule has 2 aromatic heterocycles. The minimum atomic E-state index is -1.31. The van der Waals surface area contributed by atoms with E-state index in [-0.39, 0.29) is 16.6 Å². The highest BCUT2D eigenvalue weighted by molar-refractivity contribution is 7.99. The van der Waals surface area contributed by atoms with Crippen molar-refractivity contribution in [1.29, 1.82) is 0 Å². The number of aromatic amines is 1. The third-order valence-corrected chi connectivity index (χ3v) is 5.54. The number of H-pyrrole nitrogens is 1. The number of nitrogens with one attached hydrogen (secondary N) is 2. The number of nitrogens with zero attached hydrogens (tertiary/aromatic N) is 3. The number of rotatable bonds is 6. The maximum absolute atomic E-state index is 11.5. The topological polar surface area (TPSA) is 142 Å². The highest BCUT2D eigenvalue weighted by Gasteiger charge is 2.13. The van der Waals surface area contributed by atoms with Crippen molar-refractivity contribution >= 4 is 45.0 Å². The summed E-state index contributed by atoms with van der Waals surface area (Å²) in [5.41, 5.74) is 4.56. The Morgan fingerprint density at radius 3 is 2.79 bits per heavy atom. The summed E-state index contributed by atoms with van der Waals surface area (Å²) in [6, 6.07) is 10.5. The zero-order valence-corrected chi connectivity index (χ0v) is 15.7. The summed E-state index contributed by atoms with van der Waals surface area (Å²) in [5, 5.41) is 37.4. The van der Waals surface area contributed by atoms with Gasteiger partial charge in [-0.3, -0.25) is 9.89 Å². The van der Waals surface area contributed by atoms with E-state index in [1.165, 1.54) is 23.5 Å². The molecule has 0 aliphatic rings. The van der Waals surface area contributed by atoms with Crippen LogP contribution in [-0.2, 0) is 4.79 Å². The first-order valence-electron chi connectivity index (χ1n) is 7.97. The quantitative estimate of drug-likeness (QED) is 0.322. The third kappa shape index (κ3) is 3.88. The standard InChI is InChI=1S/C17H12N5O4S2/c23-15(24)7-27-17-19-16(20-21-17)11-3-10(4-12(5-11)22(25)26)9-1-2-14-13(6-9)18-8-28-14/h1-6,8,22H,7H2,(H,23,24)(H,19,20,21)/q-1. The van der Waals surface area contributed by atoms with Gasteiger partial charge in [-0.05, 0) is 29.3 Å². The van der Waals surface area contributed by atoms with Gasteiger partial charge in [-0.2, -0.15) is 0 Å². The molecule has 3 N–H and O–H groups in total. The SMILES string of the molecule is O=C(O)CSc1n[nH]c(-c2cc(-c3ccc4scnc4c3)cc([NH+]([O-])[O-])c2)n1. The average Bonchev–Trinajstić information content (AvgIpc) is 3.34. The Kier molecular flexibility index (Phi) is 5.07. The van der Waals surface area contributed by atoms with E-state index in [1.54, 1.807) is 11.6 Å². The van der Waals surface area contributed by atoms with Crippen LogP contribution in [0.5, 0.6) is 0 Å². The summed E-state index contributed by atoms with van der Waals surface area (Å²) in [4.78, 5) is 19.2. The average molecular weight is 414 g/mol. The van der Waals surface area contributed by atoms with Gasteiger partial charge in [-0.1, -0.05) is 17.8 Å². The number of thiazole rings is 1. The maximum atomic E-state index is 11.5. The van der Waals surface area contributed by atoms with Crippen LogP contribution < -0.4 is 5.23 Å². The Morgan fingerprint density at radius 1 is 1.18 bits per heavy atom. The van der Waals surface area contributed by atoms with E-state index in [9.17, 15) is 15.2 Å². The van der Waals surface area contributed by atoms with E-state index < -0.39 is 11.2 Å². The van der Waals surface area contributed by atoms with Crippen LogP contribution in [0.1, 0.15) is 0 Å². The zero-order valence-electron chi connectivity index (χ0n) is 14.1. The molecule has 4 rings (SSSR count). The minimum absolute atomic E-state index is 0.00186. The van der Waals surface area contributed by atoms with Crippen molar-refractivity contribution < 1.29 is 15.1 Å². The second-order valence-electron chi connectivity index (χ2n) is 5.77. The van der Waals surface area contributed by atoms with E-state index in [0.717, 1.165) is 27.5 Å². The first-order valence-corrected chi connectivity index (χ1v) is 9.83. The Morgan fingerprint density at radius 2 is 2.00 bits per heavy atom. The number of thioether (sulfide) groups is 1. The molecular formula is C17H12N5O4S2-. The highest BCUT2D eigenvalue weighted by atomic mass is 32.2. The predicted octanol–water partition coefficient (Wildman–Crippen LogP) is 2.44. The lowest BCUT2D eigenvalue weighted by molar-refractivity contribution is -0.715. The number of quaternary nitrogens is 1. The molecule has 0 unspecified atom stereocenters. The molecule has 11 heteroatoms. The lowest BCUT2D eigenvalue weighted by atomic mass is 10.0. The van der Waals surface area contributed by atoms with Crippen LogP contribution in [0.25, 0.3) is 32.7 Å². The van der Waals surface area contributed by atoms with Crippen molar-refractivity contribution in [3.05, 3.63) is 52.3 Å². The molecule has 0 amide bonds. The second kappa shape index (κ2) is 7.66. The van der Waals surface area contributed by atoms with Gasteiger partial charge in [0, 0.05) is 17.7 Å². The van der Waals surface area contributed by atoms with E-state index >= 15 is 0 Å². The van der Waals surface area contributed by atoms with Crippen LogP contribution in [-0.4, -0.2) is 37.0 Å². The molecular weight excluding hydrogens is 402 g/mol. The minimum Gasteiger partial charge on any atom is -0.628 e. The largest absolute Gasteiger partial charge is 0.628 e. The molecule has 0 fully saturated rings. The van der Waals surface area contributed by atoms with Crippen molar-refractivity contribution in [1.82, 2.24) is 20.2 Å². The van der Waals surface area contributed by atoms with Crippen LogP contribution >= 0.6 is 23.1 Å². The molecule has 0 bridgehead atoms. The van der Waals surface area contributed by atoms with Crippen LogP contribution in [0.2, 0.25) is 0 Å². The summed E-state index contributed by atoms with van der Waals surface area (Å²) in [6.07, 6.45) is 0. The summed E-state index contributed by atoms with van der Waals surface area (Å²) in [5.74, 6) is -0.808. The van der Waals surface area contributed by atoms with Crippen LogP contribution in [0.4, 0.5) is 5.69 Å². The molecule has 0 spiro atoms. The second-order valence-corrected chi connectivity index (χ2v) is 7.60. The van der Waals surface area contributed by atoms with Gasteiger partial charge in [0.1, 0.15) is 5.69 Å². The fourth-order valence-corrected chi connectivity index (χ4v) is 3.83. The number of carboxylic acids is 1. The molecule has 142 valence electrons. The van der Waals surface area contributed by atoms with Gasteiger partial charge >= 0.3 is 5.97 Å². The zero-order chi connectivity index (χ0) is 19.7. The number of aliphatic carboxylic acids is 1. The first-order chi connectivity index (χ1) is 13.5. The van der Waals surface area contributed by atoms with Gasteiger partial charge in [-0.25, -0.2) is 9.97 Å². The lowest BCUT2D eigenvalue weighted by Gasteiger charge is -2.25. The summed E-state index contributed by atoms with van der Waals surface area (Å²) in [7, 11) is 0. The van der Waals surface area contributed by atoms with Gasteiger partial charge in [0.15, 0.2) is 5.82 Å². The van der Waals surface area contributed by atoms with E-state index in [2.05, 4.69) is 20.2 Å². The monoisotopic (exact) mass is 414 g/mol. The van der Waals surface area contributed by atoms with Crippen LogP contribution in [0, 0.1) is 10.4 Å². The van der Waals surface area contributed by atoms with Gasteiger partial charge in [-0.15, -0.1) is 16.4 Å². The fourth-order valence-electron chi connectivity index (χ4n) is 2.65. The van der Waals surface area contributed by atoms with Gasteiger partial charge < -0.3 is 20.7 Å². The van der Waals surface area contributed by atoms with Crippen molar-refractivity contribution in [3.63, 3.8) is 0 Å². The number of benzene rings is 2. The van der Waals surface area contributed by atoms with Crippen LogP contribution in [0.3, 0.4) is 0 Å². The van der Waals surface area contributed by atoms with Crippen molar-refractivity contribution in [3.8, 4) is 22.5 Å². The Balaban J connectivity index is 1.74. The van der Waals surface area contributed by atoms with Crippen molar-refractivity contribution in [2.75, 3.05) is 5.75 Å². The highest BCUT2D eigenvalue weighted by Crippen LogP contribution is 2.31. The molecule has 4 aromatic rings. The van der Waals surface area contributed by atoms with Gasteiger partial charge in [0.2, 0.25) is 5.16 Å². The number of fused-ring (bicyclic) bond motifs is 1. The number of carbonyl (C=O) groups is 1. The molecule has 9 nitrogen and oxygen atoms in total. The molecule has 0 saturated carbocycles. The third-order valence-electron chi connectivity index (χ3n) is 3.90. The fraction of sp³-hybridized carbons (Fsp3) is 0.0588. The molecule has 0 saturated heterocycles. The molecule has 0 aliphatic heterocycles. The van der Waals surface area contributed by atoms with Gasteiger partial charge in [0.25, 0.3) is 0 Å². The molecule has 2 heterocycles. The van der Waals surface area contributed by atoms with Gasteiger partial charge in [0.05, 0.1) is 21.5 Å². The first kappa shape index (κ1) is 18.5. The predicted molar refractivity (Wildman–Crippen MR) is 106 cm³/mol.